The van der Waals surface area contributed by atoms with Crippen LogP contribution in [-0.4, -0.2) is 36.2 Å². The Morgan fingerprint density at radius 3 is 2.15 bits per heavy atom. The number of carbonyl (C=O) groups excluding carboxylic acids is 3. The predicted octanol–water partition coefficient (Wildman–Crippen LogP) is 3.80. The Labute approximate surface area is 156 Å². The van der Waals surface area contributed by atoms with Gasteiger partial charge in [0.25, 0.3) is 0 Å². The van der Waals surface area contributed by atoms with Crippen molar-refractivity contribution in [3.63, 3.8) is 0 Å². The highest BCUT2D eigenvalue weighted by Gasteiger charge is 2.38. The quantitative estimate of drug-likeness (QED) is 0.478. The van der Waals surface area contributed by atoms with Crippen LogP contribution in [0.5, 0.6) is 0 Å². The fraction of sp³-hybridized carbons (Fsp3) is 0.850. The van der Waals surface area contributed by atoms with Crippen LogP contribution in [0.15, 0.2) is 0 Å². The lowest BCUT2D eigenvalue weighted by molar-refractivity contribution is -0.166. The lowest BCUT2D eigenvalue weighted by Crippen LogP contribution is -2.35. The van der Waals surface area contributed by atoms with Crippen molar-refractivity contribution in [2.45, 2.75) is 92.3 Å². The number of carbonyl (C=O) groups is 3. The van der Waals surface area contributed by atoms with Gasteiger partial charge in [-0.25, -0.2) is 0 Å². The molecule has 0 radical (unpaired) electrons. The molecule has 0 amide bonds. The first-order valence-electron chi connectivity index (χ1n) is 9.39. The molecule has 26 heavy (non-hydrogen) atoms. The van der Waals surface area contributed by atoms with E-state index < -0.39 is 22.5 Å². The van der Waals surface area contributed by atoms with Gasteiger partial charge in [-0.15, -0.1) is 0 Å². The molecule has 0 bridgehead atoms. The molecule has 1 heterocycles. The van der Waals surface area contributed by atoms with E-state index in [1.807, 2.05) is 48.5 Å². The highest BCUT2D eigenvalue weighted by Crippen LogP contribution is 2.35. The fourth-order valence-corrected chi connectivity index (χ4v) is 2.72. The largest absolute Gasteiger partial charge is 0.462 e. The predicted molar refractivity (Wildman–Crippen MR) is 97.3 cm³/mol. The van der Waals surface area contributed by atoms with E-state index in [4.69, 9.17) is 14.2 Å². The normalized spacial score (nSPS) is 20.3. The van der Waals surface area contributed by atoms with Gasteiger partial charge in [-0.05, 0) is 60.8 Å². The van der Waals surface area contributed by atoms with Crippen LogP contribution in [0.4, 0.5) is 0 Å². The molecule has 150 valence electrons. The second-order valence-corrected chi connectivity index (χ2v) is 9.07. The van der Waals surface area contributed by atoms with Gasteiger partial charge in [0.1, 0.15) is 18.3 Å². The Balaban J connectivity index is 2.57. The monoisotopic (exact) mass is 370 g/mol. The van der Waals surface area contributed by atoms with E-state index in [0.29, 0.717) is 25.7 Å². The third-order valence-electron chi connectivity index (χ3n) is 4.85. The van der Waals surface area contributed by atoms with Crippen molar-refractivity contribution in [1.82, 2.24) is 0 Å². The Bertz CT molecular complexity index is 531. The lowest BCUT2D eigenvalue weighted by atomic mass is 9.78. The van der Waals surface area contributed by atoms with Gasteiger partial charge in [0.05, 0.1) is 17.3 Å². The summed E-state index contributed by atoms with van der Waals surface area (Å²) >= 11 is 0. The van der Waals surface area contributed by atoms with E-state index in [9.17, 15) is 14.4 Å². The minimum absolute atomic E-state index is 0.122. The Morgan fingerprint density at radius 1 is 1.08 bits per heavy atom. The van der Waals surface area contributed by atoms with Crippen LogP contribution >= 0.6 is 0 Å². The van der Waals surface area contributed by atoms with Crippen LogP contribution in [0.25, 0.3) is 0 Å². The molecule has 0 aromatic carbocycles. The van der Waals surface area contributed by atoms with E-state index in [0.717, 1.165) is 0 Å². The van der Waals surface area contributed by atoms with Crippen molar-refractivity contribution < 1.29 is 28.6 Å². The van der Waals surface area contributed by atoms with Crippen molar-refractivity contribution >= 4 is 17.9 Å². The van der Waals surface area contributed by atoms with Gasteiger partial charge in [0.2, 0.25) is 0 Å². The van der Waals surface area contributed by atoms with Gasteiger partial charge in [-0.3, -0.25) is 14.4 Å². The molecule has 1 fully saturated rings. The summed E-state index contributed by atoms with van der Waals surface area (Å²) in [5, 5.41) is 0. The minimum atomic E-state index is -0.643. The van der Waals surface area contributed by atoms with E-state index in [-0.39, 0.29) is 30.9 Å². The van der Waals surface area contributed by atoms with E-state index in [2.05, 4.69) is 0 Å². The Morgan fingerprint density at radius 2 is 1.69 bits per heavy atom. The summed E-state index contributed by atoms with van der Waals surface area (Å²) in [6.45, 7) is 13.2. The maximum Gasteiger partial charge on any atom is 0.312 e. The number of rotatable bonds is 8. The number of hydrogen-bond acceptors (Lipinski definition) is 6. The van der Waals surface area contributed by atoms with Crippen LogP contribution < -0.4 is 0 Å². The molecule has 1 saturated heterocycles. The van der Waals surface area contributed by atoms with E-state index in [1.165, 1.54) is 0 Å². The van der Waals surface area contributed by atoms with Crippen LogP contribution in [0.2, 0.25) is 0 Å². The number of esters is 3. The minimum Gasteiger partial charge on any atom is -0.462 e. The molecule has 1 rings (SSSR count). The SMILES string of the molecule is CCC(C)(CCCC(C)(C)C(=O)OC(C)(C)C)C(=O)OC1COC(=O)C1. The molecule has 0 saturated carbocycles. The molecule has 2 atom stereocenters. The van der Waals surface area contributed by atoms with Gasteiger partial charge in [0.15, 0.2) is 0 Å². The summed E-state index contributed by atoms with van der Waals surface area (Å²) in [6.07, 6.45) is 2.19. The summed E-state index contributed by atoms with van der Waals surface area (Å²) in [7, 11) is 0. The zero-order chi connectivity index (χ0) is 20.2. The third-order valence-corrected chi connectivity index (χ3v) is 4.85. The highest BCUT2D eigenvalue weighted by atomic mass is 16.6. The summed E-state index contributed by atoms with van der Waals surface area (Å²) < 4.78 is 15.8. The van der Waals surface area contributed by atoms with Crippen LogP contribution in [0.1, 0.15) is 80.6 Å². The number of hydrogen-bond donors (Lipinski definition) is 0. The number of cyclic esters (lactones) is 1. The molecule has 6 heteroatoms. The summed E-state index contributed by atoms with van der Waals surface area (Å²) in [4.78, 5) is 36.0. The molecule has 0 aromatic heterocycles. The first-order chi connectivity index (χ1) is 11.8. The topological polar surface area (TPSA) is 78.9 Å². The van der Waals surface area contributed by atoms with Gasteiger partial charge >= 0.3 is 17.9 Å². The summed E-state index contributed by atoms with van der Waals surface area (Å²) in [5.74, 6) is -0.870. The average Bonchev–Trinajstić information content (AvgIpc) is 2.90. The van der Waals surface area contributed by atoms with Gasteiger partial charge < -0.3 is 14.2 Å². The van der Waals surface area contributed by atoms with Crippen molar-refractivity contribution in [3.8, 4) is 0 Å². The van der Waals surface area contributed by atoms with E-state index in [1.54, 1.807) is 0 Å². The van der Waals surface area contributed by atoms with Crippen molar-refractivity contribution in [2.24, 2.45) is 10.8 Å². The van der Waals surface area contributed by atoms with Crippen LogP contribution in [0.3, 0.4) is 0 Å². The summed E-state index contributed by atoms with van der Waals surface area (Å²) in [5.41, 5.74) is -1.77. The second-order valence-electron chi connectivity index (χ2n) is 9.07. The second kappa shape index (κ2) is 8.40. The molecule has 0 N–H and O–H groups in total. The smallest absolute Gasteiger partial charge is 0.312 e. The van der Waals surface area contributed by atoms with Crippen molar-refractivity contribution in [3.05, 3.63) is 0 Å². The van der Waals surface area contributed by atoms with Crippen molar-refractivity contribution in [2.75, 3.05) is 6.61 Å². The van der Waals surface area contributed by atoms with Gasteiger partial charge in [0, 0.05) is 0 Å². The first-order valence-corrected chi connectivity index (χ1v) is 9.39. The molecule has 1 aliphatic rings. The number of ether oxygens (including phenoxy) is 3. The fourth-order valence-electron chi connectivity index (χ4n) is 2.72. The molecular formula is C20H34O6. The van der Waals surface area contributed by atoms with E-state index >= 15 is 0 Å². The first kappa shape index (κ1) is 22.5. The highest BCUT2D eigenvalue weighted by molar-refractivity contribution is 5.78. The van der Waals surface area contributed by atoms with Crippen LogP contribution in [-0.2, 0) is 28.6 Å². The molecule has 0 spiro atoms. The Kier molecular flexibility index (Phi) is 7.25. The molecule has 1 aliphatic heterocycles. The van der Waals surface area contributed by atoms with Crippen molar-refractivity contribution in [1.29, 1.82) is 0 Å². The molecule has 6 nitrogen and oxygen atoms in total. The van der Waals surface area contributed by atoms with Gasteiger partial charge in [-0.1, -0.05) is 13.3 Å². The third kappa shape index (κ3) is 6.61. The molecule has 2 unspecified atom stereocenters. The average molecular weight is 370 g/mol. The van der Waals surface area contributed by atoms with Crippen LogP contribution in [0, 0.1) is 10.8 Å². The maximum absolute atomic E-state index is 12.6. The molecule has 0 aliphatic carbocycles. The Hall–Kier alpha value is -1.59. The zero-order valence-corrected chi connectivity index (χ0v) is 17.3. The summed E-state index contributed by atoms with van der Waals surface area (Å²) in [6, 6.07) is 0. The standard InChI is InChI=1S/C20H34O6/c1-8-20(7,17(23)25-14-12-15(21)24-13-14)11-9-10-19(5,6)16(22)26-18(2,3)4/h14H,8-13H2,1-7H3. The maximum atomic E-state index is 12.6. The molecule has 0 aromatic rings. The van der Waals surface area contributed by atoms with Gasteiger partial charge in [-0.2, -0.15) is 0 Å². The zero-order valence-electron chi connectivity index (χ0n) is 17.3. The molecular weight excluding hydrogens is 336 g/mol. The lowest BCUT2D eigenvalue weighted by Gasteiger charge is -2.31.